The van der Waals surface area contributed by atoms with Crippen molar-refractivity contribution < 1.29 is 18.0 Å². The minimum absolute atomic E-state index is 0.0819. The largest absolute Gasteiger partial charge is 0.352 e. The molecule has 1 atom stereocenters. The van der Waals surface area contributed by atoms with Gasteiger partial charge in [-0.05, 0) is 74.7 Å². The van der Waals surface area contributed by atoms with Crippen molar-refractivity contribution in [2.45, 2.75) is 69.5 Å². The van der Waals surface area contributed by atoms with Gasteiger partial charge in [0.25, 0.3) is 10.0 Å². The smallest absolute Gasteiger partial charge is 0.264 e. The summed E-state index contributed by atoms with van der Waals surface area (Å²) in [5, 5.41) is 3.12. The van der Waals surface area contributed by atoms with Crippen molar-refractivity contribution in [1.82, 2.24) is 10.2 Å². The van der Waals surface area contributed by atoms with Crippen LogP contribution in [0.25, 0.3) is 0 Å². The number of sulfonamides is 1. The molecule has 3 aromatic rings. The summed E-state index contributed by atoms with van der Waals surface area (Å²) in [4.78, 5) is 29.0. The van der Waals surface area contributed by atoms with Crippen LogP contribution in [0.1, 0.15) is 50.2 Å². The predicted molar refractivity (Wildman–Crippen MR) is 169 cm³/mol. The number of aryl methyl sites for hydroxylation is 1. The zero-order chi connectivity index (χ0) is 29.6. The van der Waals surface area contributed by atoms with Gasteiger partial charge in [-0.1, -0.05) is 87.0 Å². The van der Waals surface area contributed by atoms with E-state index in [1.165, 1.54) is 4.90 Å². The molecule has 4 rings (SSSR count). The van der Waals surface area contributed by atoms with E-state index in [9.17, 15) is 18.0 Å². The van der Waals surface area contributed by atoms with Crippen LogP contribution in [0.3, 0.4) is 0 Å². The molecule has 1 aliphatic carbocycles. The molecule has 0 bridgehead atoms. The van der Waals surface area contributed by atoms with Crippen LogP contribution in [0, 0.1) is 6.92 Å². The molecule has 0 unspecified atom stereocenters. The summed E-state index contributed by atoms with van der Waals surface area (Å²) in [6.45, 7) is 3.27. The van der Waals surface area contributed by atoms with E-state index >= 15 is 0 Å². The zero-order valence-corrected chi connectivity index (χ0v) is 27.2. The van der Waals surface area contributed by atoms with Crippen molar-refractivity contribution in [3.63, 3.8) is 0 Å². The summed E-state index contributed by atoms with van der Waals surface area (Å²) in [5.41, 5.74) is 2.10. The fourth-order valence-electron chi connectivity index (χ4n) is 4.94. The average Bonchev–Trinajstić information content (AvgIpc) is 2.95. The minimum atomic E-state index is -4.11. The van der Waals surface area contributed by atoms with Crippen LogP contribution in [0.4, 0.5) is 5.69 Å². The molecule has 1 fully saturated rings. The van der Waals surface area contributed by atoms with Gasteiger partial charge in [0.2, 0.25) is 11.8 Å². The quantitative estimate of drug-likeness (QED) is 0.258. The van der Waals surface area contributed by atoms with Gasteiger partial charge < -0.3 is 10.2 Å². The fraction of sp³-hybridized carbons (Fsp3) is 0.355. The number of nitrogens with zero attached hydrogens (tertiary/aromatic N) is 2. The van der Waals surface area contributed by atoms with Crippen molar-refractivity contribution >= 4 is 59.4 Å². The topological polar surface area (TPSA) is 86.8 Å². The number of carbonyl (C=O) groups excluding carboxylic acids is 2. The highest BCUT2D eigenvalue weighted by Crippen LogP contribution is 2.27. The Kier molecular flexibility index (Phi) is 10.7. The Hall–Kier alpha value is -2.69. The van der Waals surface area contributed by atoms with Crippen LogP contribution in [-0.2, 0) is 26.2 Å². The number of hydrogen-bond donors (Lipinski definition) is 1. The van der Waals surface area contributed by atoms with E-state index < -0.39 is 28.5 Å². The number of rotatable bonds is 10. The molecule has 218 valence electrons. The van der Waals surface area contributed by atoms with E-state index in [1.54, 1.807) is 55.5 Å². The lowest BCUT2D eigenvalue weighted by atomic mass is 9.95. The van der Waals surface area contributed by atoms with Crippen molar-refractivity contribution in [1.29, 1.82) is 0 Å². The summed E-state index contributed by atoms with van der Waals surface area (Å²) < 4.78 is 30.6. The van der Waals surface area contributed by atoms with Crippen LogP contribution < -0.4 is 9.62 Å². The lowest BCUT2D eigenvalue weighted by molar-refractivity contribution is -0.139. The molecule has 0 aliphatic heterocycles. The number of anilines is 1. The third kappa shape index (κ3) is 8.20. The Labute approximate surface area is 259 Å². The van der Waals surface area contributed by atoms with Gasteiger partial charge in [0, 0.05) is 21.5 Å². The first-order chi connectivity index (χ1) is 19.5. The van der Waals surface area contributed by atoms with Gasteiger partial charge in [0.1, 0.15) is 12.6 Å². The van der Waals surface area contributed by atoms with E-state index in [0.29, 0.717) is 10.2 Å². The molecule has 0 heterocycles. The molecule has 0 saturated heterocycles. The highest BCUT2D eigenvalue weighted by Gasteiger charge is 2.33. The van der Waals surface area contributed by atoms with Crippen LogP contribution in [0.5, 0.6) is 0 Å². The Bertz CT molecular complexity index is 1460. The summed E-state index contributed by atoms with van der Waals surface area (Å²) in [6, 6.07) is 20.2. The normalized spacial score (nSPS) is 14.7. The van der Waals surface area contributed by atoms with Gasteiger partial charge in [-0.2, -0.15) is 0 Å². The summed E-state index contributed by atoms with van der Waals surface area (Å²) in [7, 11) is -4.11. The highest BCUT2D eigenvalue weighted by molar-refractivity contribution is 9.10. The fourth-order valence-corrected chi connectivity index (χ4v) is 6.99. The zero-order valence-electron chi connectivity index (χ0n) is 23.2. The Balaban J connectivity index is 1.67. The summed E-state index contributed by atoms with van der Waals surface area (Å²) >= 11 is 6.86. The van der Waals surface area contributed by atoms with E-state index in [-0.39, 0.29) is 23.4 Å². The van der Waals surface area contributed by atoms with Gasteiger partial charge >= 0.3 is 0 Å². The number of carbonyl (C=O) groups is 2. The van der Waals surface area contributed by atoms with Crippen LogP contribution >= 0.6 is 31.9 Å². The summed E-state index contributed by atoms with van der Waals surface area (Å²) in [6.07, 6.45) is 5.14. The first kappa shape index (κ1) is 31.3. The van der Waals surface area contributed by atoms with Gasteiger partial charge in [-0.15, -0.1) is 0 Å². The van der Waals surface area contributed by atoms with E-state index in [0.717, 1.165) is 52.0 Å². The van der Waals surface area contributed by atoms with Gasteiger partial charge in [0.05, 0.1) is 10.6 Å². The van der Waals surface area contributed by atoms with E-state index in [1.807, 2.05) is 31.2 Å². The highest BCUT2D eigenvalue weighted by atomic mass is 79.9. The van der Waals surface area contributed by atoms with Crippen molar-refractivity contribution in [3.8, 4) is 0 Å². The van der Waals surface area contributed by atoms with Gasteiger partial charge in [-0.3, -0.25) is 13.9 Å². The molecule has 41 heavy (non-hydrogen) atoms. The number of amides is 2. The minimum Gasteiger partial charge on any atom is -0.352 e. The number of benzene rings is 3. The van der Waals surface area contributed by atoms with E-state index in [2.05, 4.69) is 37.2 Å². The first-order valence-corrected chi connectivity index (χ1v) is 16.8. The molecule has 7 nitrogen and oxygen atoms in total. The molecular weight excluding hydrogens is 670 g/mol. The van der Waals surface area contributed by atoms with E-state index in [4.69, 9.17) is 0 Å². The maximum absolute atomic E-state index is 14.1. The second-order valence-electron chi connectivity index (χ2n) is 10.5. The molecule has 1 N–H and O–H groups in total. The SMILES string of the molecule is Cc1ccc(S(=O)(=O)N(CC(=O)N(Cc2ccc(Br)cc2)[C@H](C)C(=O)NC2CCCCC2)c2cccc(Br)c2)cc1. The third-order valence-corrected chi connectivity index (χ3v) is 10.2. The van der Waals surface area contributed by atoms with Crippen LogP contribution in [-0.4, -0.2) is 43.8 Å². The molecule has 1 aliphatic rings. The van der Waals surface area contributed by atoms with Crippen LogP contribution in [0.15, 0.2) is 86.6 Å². The molecule has 0 aromatic heterocycles. The molecule has 0 radical (unpaired) electrons. The number of nitrogens with one attached hydrogen (secondary N) is 1. The third-order valence-electron chi connectivity index (χ3n) is 7.37. The monoisotopic (exact) mass is 703 g/mol. The van der Waals surface area contributed by atoms with Crippen LogP contribution in [0.2, 0.25) is 0 Å². The molecule has 1 saturated carbocycles. The second kappa shape index (κ2) is 14.0. The Morgan fingerprint density at radius 3 is 2.22 bits per heavy atom. The molecule has 2 amide bonds. The van der Waals surface area contributed by atoms with Crippen molar-refractivity contribution in [3.05, 3.63) is 92.9 Å². The first-order valence-electron chi connectivity index (χ1n) is 13.7. The lowest BCUT2D eigenvalue weighted by Gasteiger charge is -2.33. The molecule has 3 aromatic carbocycles. The van der Waals surface area contributed by atoms with Crippen molar-refractivity contribution in [2.75, 3.05) is 10.8 Å². The van der Waals surface area contributed by atoms with Crippen molar-refractivity contribution in [2.24, 2.45) is 0 Å². The Morgan fingerprint density at radius 2 is 1.59 bits per heavy atom. The summed E-state index contributed by atoms with van der Waals surface area (Å²) in [5.74, 6) is -0.715. The second-order valence-corrected chi connectivity index (χ2v) is 14.2. The predicted octanol–water partition coefficient (Wildman–Crippen LogP) is 6.58. The maximum atomic E-state index is 14.1. The van der Waals surface area contributed by atoms with Gasteiger partial charge in [-0.25, -0.2) is 8.42 Å². The number of hydrogen-bond acceptors (Lipinski definition) is 4. The average molecular weight is 706 g/mol. The number of halogens is 2. The molecule has 0 spiro atoms. The molecular formula is C31H35Br2N3O4S. The lowest BCUT2D eigenvalue weighted by Crippen LogP contribution is -2.53. The molecule has 10 heteroatoms. The Morgan fingerprint density at radius 1 is 0.927 bits per heavy atom. The standard InChI is InChI=1S/C31H35Br2N3O4S/c1-22-11-17-29(18-12-22)41(39,40)36(28-10-6-7-26(33)19-28)21-30(37)35(20-24-13-15-25(32)16-14-24)23(2)31(38)34-27-8-4-3-5-9-27/h6-7,10-19,23,27H,3-5,8-9,20-21H2,1-2H3,(H,34,38)/t23-/m1/s1. The van der Waals surface area contributed by atoms with Gasteiger partial charge in [0.15, 0.2) is 0 Å². The maximum Gasteiger partial charge on any atom is 0.264 e.